The molecule has 1 atom stereocenters. The smallest absolute Gasteiger partial charge is 0.146 e. The molecule has 0 aromatic heterocycles. The van der Waals surface area contributed by atoms with Gasteiger partial charge in [-0.3, -0.25) is 0 Å². The van der Waals surface area contributed by atoms with Crippen LogP contribution in [-0.4, -0.2) is 6.61 Å². The Morgan fingerprint density at radius 1 is 1.00 bits per heavy atom. The van der Waals surface area contributed by atoms with Gasteiger partial charge in [-0.2, -0.15) is 0 Å². The quantitative estimate of drug-likeness (QED) is 0.336. The van der Waals surface area contributed by atoms with Gasteiger partial charge in [0.25, 0.3) is 0 Å². The first-order chi connectivity index (χ1) is 15.4. The third-order valence-corrected chi connectivity index (χ3v) is 5.58. The lowest BCUT2D eigenvalue weighted by Gasteiger charge is -2.24. The van der Waals surface area contributed by atoms with Crippen LogP contribution in [0.5, 0.6) is 5.75 Å². The van der Waals surface area contributed by atoms with E-state index in [1.54, 1.807) is 24.3 Å². The minimum absolute atomic E-state index is 0.329. The number of terminal acetylenes is 1. The molecule has 3 rings (SSSR count). The summed E-state index contributed by atoms with van der Waals surface area (Å²) in [6, 6.07) is 18.9. The maximum Gasteiger partial charge on any atom is 0.146 e. The van der Waals surface area contributed by atoms with Crippen molar-refractivity contribution in [2.24, 2.45) is 0 Å². The second kappa shape index (κ2) is 10.8. The van der Waals surface area contributed by atoms with Crippen molar-refractivity contribution in [2.45, 2.75) is 44.9 Å². The normalized spacial score (nSPS) is 12.6. The molecule has 0 radical (unpaired) electrons. The fraction of sp³-hybridized carbons (Fsp3) is 0.286. The molecule has 1 unspecified atom stereocenters. The Hall–Kier alpha value is -3.32. The van der Waals surface area contributed by atoms with E-state index in [0.717, 1.165) is 42.6 Å². The van der Waals surface area contributed by atoms with Crippen LogP contribution >= 0.6 is 0 Å². The van der Waals surface area contributed by atoms with Gasteiger partial charge in [-0.1, -0.05) is 31.0 Å². The van der Waals surface area contributed by atoms with Crippen LogP contribution in [0.15, 0.2) is 66.7 Å². The van der Waals surface area contributed by atoms with Crippen LogP contribution in [-0.2, 0) is 11.8 Å². The van der Waals surface area contributed by atoms with Gasteiger partial charge in [0.1, 0.15) is 17.4 Å². The molecule has 0 saturated carbocycles. The van der Waals surface area contributed by atoms with E-state index in [4.69, 9.17) is 11.2 Å². The Labute approximate surface area is 189 Å². The van der Waals surface area contributed by atoms with E-state index in [1.165, 1.54) is 18.2 Å². The zero-order valence-corrected chi connectivity index (χ0v) is 18.6. The van der Waals surface area contributed by atoms with Crippen LogP contribution < -0.4 is 10.1 Å². The number of nitrogens with one attached hydrogen (secondary N) is 1. The second-order valence-electron chi connectivity index (χ2n) is 8.15. The van der Waals surface area contributed by atoms with Crippen molar-refractivity contribution in [3.8, 4) is 18.1 Å². The van der Waals surface area contributed by atoms with Crippen molar-refractivity contribution in [1.29, 1.82) is 0 Å². The van der Waals surface area contributed by atoms with E-state index in [-0.39, 0.29) is 11.6 Å². The molecule has 32 heavy (non-hydrogen) atoms. The Kier molecular flexibility index (Phi) is 7.89. The molecule has 4 heteroatoms. The number of benzene rings is 3. The Morgan fingerprint density at radius 2 is 1.72 bits per heavy atom. The lowest BCUT2D eigenvalue weighted by atomic mass is 9.78. The molecule has 0 saturated heterocycles. The maximum atomic E-state index is 14.3. The standard InChI is InChI=1S/C28H29F2NO/c1-4-19-32-25-15-9-22(10-16-25)28(3,5-2)18-6-7-21-8-17-26(30)27(20-21)31-24-13-11-23(29)12-14-24/h2,8-17,20,31H,4,6-7,18-19H2,1,3H3. The molecule has 3 aromatic carbocycles. The van der Waals surface area contributed by atoms with Gasteiger partial charge in [0.15, 0.2) is 0 Å². The molecule has 0 spiro atoms. The predicted molar refractivity (Wildman–Crippen MR) is 127 cm³/mol. The van der Waals surface area contributed by atoms with Gasteiger partial charge in [0, 0.05) is 5.69 Å². The molecule has 0 aliphatic carbocycles. The number of ether oxygens (including phenoxy) is 1. The molecule has 0 amide bonds. The van der Waals surface area contributed by atoms with E-state index in [2.05, 4.69) is 25.1 Å². The monoisotopic (exact) mass is 433 g/mol. The maximum absolute atomic E-state index is 14.3. The summed E-state index contributed by atoms with van der Waals surface area (Å²) in [5.74, 6) is 3.13. The van der Waals surface area contributed by atoms with Crippen molar-refractivity contribution >= 4 is 11.4 Å². The SMILES string of the molecule is C#CC(C)(CCCc1ccc(F)c(Nc2ccc(F)cc2)c1)c1ccc(OCCC)cc1. The van der Waals surface area contributed by atoms with Crippen LogP contribution in [0.25, 0.3) is 0 Å². The van der Waals surface area contributed by atoms with Gasteiger partial charge < -0.3 is 10.1 Å². The van der Waals surface area contributed by atoms with E-state index >= 15 is 0 Å². The summed E-state index contributed by atoms with van der Waals surface area (Å²) in [7, 11) is 0. The molecule has 0 aliphatic heterocycles. The van der Waals surface area contributed by atoms with Crippen molar-refractivity contribution in [2.75, 3.05) is 11.9 Å². The fourth-order valence-corrected chi connectivity index (χ4v) is 3.60. The summed E-state index contributed by atoms with van der Waals surface area (Å²) in [4.78, 5) is 0. The van der Waals surface area contributed by atoms with Crippen LogP contribution in [0, 0.1) is 24.0 Å². The molecule has 0 aliphatic rings. The first kappa shape index (κ1) is 23.3. The number of aryl methyl sites for hydroxylation is 1. The zero-order valence-electron chi connectivity index (χ0n) is 18.6. The summed E-state index contributed by atoms with van der Waals surface area (Å²) in [6.45, 7) is 4.84. The molecule has 166 valence electrons. The van der Waals surface area contributed by atoms with Gasteiger partial charge in [0.05, 0.1) is 17.7 Å². The largest absolute Gasteiger partial charge is 0.494 e. The predicted octanol–water partition coefficient (Wildman–Crippen LogP) is 7.41. The van der Waals surface area contributed by atoms with Crippen molar-refractivity contribution in [3.05, 3.63) is 89.5 Å². The number of anilines is 2. The first-order valence-corrected chi connectivity index (χ1v) is 11.0. The topological polar surface area (TPSA) is 21.3 Å². The lowest BCUT2D eigenvalue weighted by molar-refractivity contribution is 0.317. The molecular formula is C28H29F2NO. The first-order valence-electron chi connectivity index (χ1n) is 11.0. The number of hydrogen-bond acceptors (Lipinski definition) is 2. The van der Waals surface area contributed by atoms with Crippen LogP contribution in [0.1, 0.15) is 44.2 Å². The molecule has 0 bridgehead atoms. The highest BCUT2D eigenvalue weighted by atomic mass is 19.1. The zero-order chi connectivity index (χ0) is 23.0. The molecule has 0 fully saturated rings. The summed E-state index contributed by atoms with van der Waals surface area (Å²) >= 11 is 0. The molecule has 2 nitrogen and oxygen atoms in total. The number of halogens is 2. The van der Waals surface area contributed by atoms with E-state index < -0.39 is 5.41 Å². The highest BCUT2D eigenvalue weighted by Gasteiger charge is 2.23. The lowest BCUT2D eigenvalue weighted by Crippen LogP contribution is -2.19. The molecule has 1 N–H and O–H groups in total. The van der Waals surface area contributed by atoms with Crippen LogP contribution in [0.4, 0.5) is 20.2 Å². The van der Waals surface area contributed by atoms with E-state index in [0.29, 0.717) is 18.0 Å². The Balaban J connectivity index is 1.63. The molecular weight excluding hydrogens is 404 g/mol. The Bertz CT molecular complexity index is 1050. The summed E-state index contributed by atoms with van der Waals surface area (Å²) < 4.78 is 33.0. The minimum Gasteiger partial charge on any atom is -0.494 e. The van der Waals surface area contributed by atoms with E-state index in [1.807, 2.05) is 24.3 Å². The summed E-state index contributed by atoms with van der Waals surface area (Å²) in [5.41, 5.74) is 2.71. The van der Waals surface area contributed by atoms with Crippen molar-refractivity contribution < 1.29 is 13.5 Å². The minimum atomic E-state index is -0.390. The molecule has 0 heterocycles. The average Bonchev–Trinajstić information content (AvgIpc) is 2.81. The van der Waals surface area contributed by atoms with Gasteiger partial charge in [-0.05, 0) is 92.3 Å². The van der Waals surface area contributed by atoms with Crippen LogP contribution in [0.2, 0.25) is 0 Å². The Morgan fingerprint density at radius 3 is 2.38 bits per heavy atom. The summed E-state index contributed by atoms with van der Waals surface area (Å²) in [6.07, 6.45) is 9.31. The van der Waals surface area contributed by atoms with Gasteiger partial charge >= 0.3 is 0 Å². The van der Waals surface area contributed by atoms with Crippen molar-refractivity contribution in [3.63, 3.8) is 0 Å². The number of hydrogen-bond donors (Lipinski definition) is 1. The van der Waals surface area contributed by atoms with Gasteiger partial charge in [-0.25, -0.2) is 8.78 Å². The second-order valence-corrected chi connectivity index (χ2v) is 8.15. The highest BCUT2D eigenvalue weighted by molar-refractivity contribution is 5.60. The van der Waals surface area contributed by atoms with Gasteiger partial charge in [0.2, 0.25) is 0 Å². The number of rotatable bonds is 10. The third-order valence-electron chi connectivity index (χ3n) is 5.58. The highest BCUT2D eigenvalue weighted by Crippen LogP contribution is 2.31. The van der Waals surface area contributed by atoms with Crippen LogP contribution in [0.3, 0.4) is 0 Å². The van der Waals surface area contributed by atoms with E-state index in [9.17, 15) is 8.78 Å². The average molecular weight is 434 g/mol. The fourth-order valence-electron chi connectivity index (χ4n) is 3.60. The molecule has 3 aromatic rings. The third kappa shape index (κ3) is 6.11. The van der Waals surface area contributed by atoms with Gasteiger partial charge in [-0.15, -0.1) is 6.42 Å². The van der Waals surface area contributed by atoms with Crippen molar-refractivity contribution in [1.82, 2.24) is 0 Å². The summed E-state index contributed by atoms with van der Waals surface area (Å²) in [5, 5.41) is 3.02.